The van der Waals surface area contributed by atoms with Gasteiger partial charge in [-0.25, -0.2) is 4.68 Å². The first-order chi connectivity index (χ1) is 16.4. The van der Waals surface area contributed by atoms with E-state index in [2.05, 4.69) is 35.7 Å². The molecule has 2 aromatic carbocycles. The van der Waals surface area contributed by atoms with Crippen LogP contribution in [0, 0.1) is 32.6 Å². The molecule has 0 aliphatic rings. The maximum absolute atomic E-state index is 12.8. The van der Waals surface area contributed by atoms with E-state index in [-0.39, 0.29) is 5.91 Å². The van der Waals surface area contributed by atoms with Crippen molar-refractivity contribution in [3.8, 4) is 17.5 Å². The Morgan fingerprint density at radius 3 is 2.59 bits per heavy atom. The second-order valence-corrected chi connectivity index (χ2v) is 7.98. The molecule has 0 spiro atoms. The first-order valence-corrected chi connectivity index (χ1v) is 11.3. The van der Waals surface area contributed by atoms with Gasteiger partial charge in [0.2, 0.25) is 0 Å². The fourth-order valence-corrected chi connectivity index (χ4v) is 3.32. The molecule has 1 heterocycles. The quantitative estimate of drug-likeness (QED) is 0.383. The van der Waals surface area contributed by atoms with Gasteiger partial charge in [-0.15, -0.1) is 0 Å². The Morgan fingerprint density at radius 1 is 1.15 bits per heavy atom. The minimum atomic E-state index is -0.156. The molecule has 5 nitrogen and oxygen atoms in total. The number of aromatic nitrogens is 2. The number of nitrogens with one attached hydrogen (secondary N) is 1. The van der Waals surface area contributed by atoms with E-state index in [4.69, 9.17) is 5.10 Å². The van der Waals surface area contributed by atoms with E-state index in [0.29, 0.717) is 18.5 Å². The molecular weight excluding hydrogens is 420 g/mol. The van der Waals surface area contributed by atoms with E-state index in [1.165, 1.54) is 0 Å². The predicted octanol–water partition coefficient (Wildman–Crippen LogP) is 5.48. The molecule has 0 unspecified atom stereocenters. The molecule has 5 heteroatoms. The number of aryl methyl sites for hydroxylation is 1. The third-order valence-electron chi connectivity index (χ3n) is 5.48. The molecule has 3 rings (SSSR count). The van der Waals surface area contributed by atoms with Crippen LogP contribution in [0.2, 0.25) is 0 Å². The molecule has 1 N–H and O–H groups in total. The first-order valence-electron chi connectivity index (χ1n) is 11.3. The van der Waals surface area contributed by atoms with Crippen LogP contribution in [0.1, 0.15) is 51.8 Å². The van der Waals surface area contributed by atoms with Crippen molar-refractivity contribution in [2.24, 2.45) is 4.99 Å². The molecule has 34 heavy (non-hydrogen) atoms. The number of allylic oxidation sites excluding steroid dienone is 1. The zero-order chi connectivity index (χ0) is 24.5. The average Bonchev–Trinajstić information content (AvgIpc) is 3.10. The lowest BCUT2D eigenvalue weighted by molar-refractivity contribution is 0.0954. The van der Waals surface area contributed by atoms with Gasteiger partial charge in [0.25, 0.3) is 5.91 Å². The molecule has 3 aromatic rings. The van der Waals surface area contributed by atoms with Crippen LogP contribution in [-0.4, -0.2) is 28.4 Å². The Kier molecular flexibility index (Phi) is 8.37. The molecule has 0 aliphatic heterocycles. The van der Waals surface area contributed by atoms with Gasteiger partial charge in [-0.05, 0) is 75.6 Å². The predicted molar refractivity (Wildman–Crippen MR) is 140 cm³/mol. The van der Waals surface area contributed by atoms with E-state index < -0.39 is 0 Å². The normalized spacial score (nSPS) is 10.9. The summed E-state index contributed by atoms with van der Waals surface area (Å²) in [7, 11) is 0. The third-order valence-corrected chi connectivity index (χ3v) is 5.48. The van der Waals surface area contributed by atoms with Crippen LogP contribution in [0.15, 0.2) is 78.0 Å². The zero-order valence-corrected chi connectivity index (χ0v) is 20.2. The topological polar surface area (TPSA) is 59.3 Å². The fourth-order valence-electron chi connectivity index (χ4n) is 3.32. The van der Waals surface area contributed by atoms with E-state index in [9.17, 15) is 4.79 Å². The summed E-state index contributed by atoms with van der Waals surface area (Å²) in [5, 5.41) is 7.65. The lowest BCUT2D eigenvalue weighted by Gasteiger charge is -2.11. The third kappa shape index (κ3) is 6.20. The summed E-state index contributed by atoms with van der Waals surface area (Å²) >= 11 is 0. The number of carbonyl (C=O) groups is 1. The number of nitrogens with zero attached hydrogens (tertiary/aromatic N) is 3. The maximum atomic E-state index is 12.8. The minimum Gasteiger partial charge on any atom is -0.352 e. The number of carbonyl (C=O) groups excluding carboxylic acids is 1. The van der Waals surface area contributed by atoms with Crippen molar-refractivity contribution < 1.29 is 4.79 Å². The monoisotopic (exact) mass is 450 g/mol. The number of rotatable bonds is 7. The van der Waals surface area contributed by atoms with Crippen molar-refractivity contribution in [3.63, 3.8) is 0 Å². The van der Waals surface area contributed by atoms with E-state index in [1.54, 1.807) is 12.4 Å². The van der Waals surface area contributed by atoms with E-state index >= 15 is 0 Å². The van der Waals surface area contributed by atoms with Crippen LogP contribution in [0.4, 0.5) is 0 Å². The largest absolute Gasteiger partial charge is 0.352 e. The van der Waals surface area contributed by atoms with Crippen molar-refractivity contribution in [2.45, 2.75) is 34.1 Å². The van der Waals surface area contributed by atoms with Crippen molar-refractivity contribution in [2.75, 3.05) is 6.54 Å². The zero-order valence-electron chi connectivity index (χ0n) is 20.2. The van der Waals surface area contributed by atoms with Gasteiger partial charge in [0.1, 0.15) is 0 Å². The summed E-state index contributed by atoms with van der Waals surface area (Å²) in [5.41, 5.74) is 7.06. The molecular formula is C29H30N4O. The summed E-state index contributed by atoms with van der Waals surface area (Å²) in [4.78, 5) is 16.9. The van der Waals surface area contributed by atoms with Crippen LogP contribution in [-0.2, 0) is 0 Å². The molecule has 0 aliphatic carbocycles. The SMILES string of the molecule is C=C(C=N/C=C\C)CCNC(=O)c1ccc(-n2nc(C)c(C)c2C)c(C#Cc2ccccc2)c1. The molecule has 172 valence electrons. The van der Waals surface area contributed by atoms with Crippen molar-refractivity contribution in [3.05, 3.63) is 107 Å². The molecule has 1 amide bonds. The summed E-state index contributed by atoms with van der Waals surface area (Å²) in [6, 6.07) is 15.3. The van der Waals surface area contributed by atoms with Gasteiger partial charge in [-0.1, -0.05) is 42.7 Å². The van der Waals surface area contributed by atoms with Crippen LogP contribution < -0.4 is 5.32 Å². The van der Waals surface area contributed by atoms with Crippen molar-refractivity contribution in [1.82, 2.24) is 15.1 Å². The Labute approximate surface area is 201 Å². The minimum absolute atomic E-state index is 0.156. The summed E-state index contributed by atoms with van der Waals surface area (Å²) in [6.07, 6.45) is 5.87. The number of hydrogen-bond acceptors (Lipinski definition) is 3. The Balaban J connectivity index is 1.87. The van der Waals surface area contributed by atoms with E-state index in [1.807, 2.05) is 80.1 Å². The van der Waals surface area contributed by atoms with Gasteiger partial charge in [-0.3, -0.25) is 9.79 Å². The lowest BCUT2D eigenvalue weighted by atomic mass is 10.1. The van der Waals surface area contributed by atoms with Gasteiger partial charge in [-0.2, -0.15) is 5.10 Å². The molecule has 0 bridgehead atoms. The van der Waals surface area contributed by atoms with Gasteiger partial charge < -0.3 is 5.32 Å². The second-order valence-electron chi connectivity index (χ2n) is 7.98. The highest BCUT2D eigenvalue weighted by atomic mass is 16.1. The number of amides is 1. The molecule has 0 saturated carbocycles. The van der Waals surface area contributed by atoms with Gasteiger partial charge in [0, 0.05) is 35.8 Å². The van der Waals surface area contributed by atoms with Crippen LogP contribution in [0.3, 0.4) is 0 Å². The molecule has 0 fully saturated rings. The van der Waals surface area contributed by atoms with Crippen LogP contribution in [0.5, 0.6) is 0 Å². The maximum Gasteiger partial charge on any atom is 0.251 e. The molecule has 1 aromatic heterocycles. The van der Waals surface area contributed by atoms with Gasteiger partial charge >= 0.3 is 0 Å². The fraction of sp³-hybridized carbons (Fsp3) is 0.207. The molecule has 0 atom stereocenters. The number of hydrogen-bond donors (Lipinski definition) is 1. The number of aliphatic imine (C=N–C) groups is 1. The molecule has 0 radical (unpaired) electrons. The second kappa shape index (κ2) is 11.6. The van der Waals surface area contributed by atoms with Crippen molar-refractivity contribution >= 4 is 12.1 Å². The first kappa shape index (κ1) is 24.5. The Morgan fingerprint density at radius 2 is 1.91 bits per heavy atom. The highest BCUT2D eigenvalue weighted by Gasteiger charge is 2.14. The summed E-state index contributed by atoms with van der Waals surface area (Å²) in [6.45, 7) is 12.4. The standard InChI is InChI=1S/C29H30N4O/c1-6-17-30-20-21(2)16-18-31-29(34)27-14-15-28(33-24(5)22(3)23(4)32-33)26(19-27)13-12-25-10-8-7-9-11-25/h6-11,14-15,17,19-20H,2,16,18H2,1,3-5H3,(H,31,34)/b17-6-,30-20?. The van der Waals surface area contributed by atoms with Crippen molar-refractivity contribution in [1.29, 1.82) is 0 Å². The summed E-state index contributed by atoms with van der Waals surface area (Å²) in [5.74, 6) is 6.30. The lowest BCUT2D eigenvalue weighted by Crippen LogP contribution is -2.25. The Bertz CT molecular complexity index is 1300. The van der Waals surface area contributed by atoms with Crippen LogP contribution >= 0.6 is 0 Å². The number of benzene rings is 2. The average molecular weight is 451 g/mol. The smallest absolute Gasteiger partial charge is 0.251 e. The van der Waals surface area contributed by atoms with Gasteiger partial charge in [0.05, 0.1) is 16.9 Å². The highest BCUT2D eigenvalue weighted by molar-refractivity contribution is 5.95. The van der Waals surface area contributed by atoms with E-state index in [0.717, 1.165) is 39.3 Å². The Hall–Kier alpha value is -4.17. The van der Waals surface area contributed by atoms with Crippen LogP contribution in [0.25, 0.3) is 5.69 Å². The highest BCUT2D eigenvalue weighted by Crippen LogP contribution is 2.21. The van der Waals surface area contributed by atoms with Gasteiger partial charge in [0.15, 0.2) is 0 Å². The summed E-state index contributed by atoms with van der Waals surface area (Å²) < 4.78 is 1.90. The molecule has 0 saturated heterocycles.